The molecule has 1 amide bonds. The first kappa shape index (κ1) is 15.8. The Balaban J connectivity index is 1.97. The number of hydrogen-bond acceptors (Lipinski definition) is 4. The number of nitriles is 1. The van der Waals surface area contributed by atoms with Crippen molar-refractivity contribution in [2.45, 2.75) is 0 Å². The van der Waals surface area contributed by atoms with Gasteiger partial charge in [-0.15, -0.1) is 0 Å². The lowest BCUT2D eigenvalue weighted by atomic mass is 10.2. The summed E-state index contributed by atoms with van der Waals surface area (Å²) in [4.78, 5) is 18.0. The Bertz CT molecular complexity index is 912. The first-order valence-electron chi connectivity index (χ1n) is 7.10. The highest BCUT2D eigenvalue weighted by Crippen LogP contribution is 2.29. The highest BCUT2D eigenvalue weighted by atomic mass is 35.5. The highest BCUT2D eigenvalue weighted by Gasteiger charge is 2.23. The van der Waals surface area contributed by atoms with Crippen LogP contribution in [-0.2, 0) is 0 Å². The molecular weight excluding hydrogens is 326 g/mol. The monoisotopic (exact) mass is 337 g/mol. The average Bonchev–Trinajstić information content (AvgIpc) is 3.06. The molecule has 3 aromatic rings. The van der Waals surface area contributed by atoms with Gasteiger partial charge >= 0.3 is 0 Å². The van der Waals surface area contributed by atoms with E-state index >= 15 is 0 Å². The van der Waals surface area contributed by atoms with Crippen molar-refractivity contribution in [3.63, 3.8) is 0 Å². The molecule has 5 nitrogen and oxygen atoms in total. The van der Waals surface area contributed by atoms with E-state index in [9.17, 15) is 10.1 Å². The predicted molar refractivity (Wildman–Crippen MR) is 90.8 cm³/mol. The minimum atomic E-state index is -0.286. The van der Waals surface area contributed by atoms with Crippen LogP contribution in [0.1, 0.15) is 16.1 Å². The minimum absolute atomic E-state index is 0.0479. The second-order valence-corrected chi connectivity index (χ2v) is 5.46. The number of aromatic nitrogens is 1. The number of halogens is 1. The molecule has 3 rings (SSSR count). The molecule has 0 saturated carbocycles. The molecule has 0 N–H and O–H groups in total. The van der Waals surface area contributed by atoms with Crippen LogP contribution in [0.5, 0.6) is 0 Å². The summed E-state index contributed by atoms with van der Waals surface area (Å²) in [7, 11) is 1.54. The summed E-state index contributed by atoms with van der Waals surface area (Å²) < 4.78 is 5.66. The minimum Gasteiger partial charge on any atom is -0.419 e. The van der Waals surface area contributed by atoms with Gasteiger partial charge in [0.05, 0.1) is 0 Å². The Hall–Kier alpha value is -3.10. The van der Waals surface area contributed by atoms with Crippen LogP contribution < -0.4 is 4.90 Å². The van der Waals surface area contributed by atoms with E-state index in [1.54, 1.807) is 55.6 Å². The molecule has 0 bridgehead atoms. The van der Waals surface area contributed by atoms with Crippen LogP contribution in [0.2, 0.25) is 5.02 Å². The van der Waals surface area contributed by atoms with Crippen LogP contribution in [0.4, 0.5) is 5.88 Å². The highest BCUT2D eigenvalue weighted by molar-refractivity contribution is 6.30. The van der Waals surface area contributed by atoms with E-state index in [-0.39, 0.29) is 23.4 Å². The second kappa shape index (κ2) is 6.57. The fraction of sp³-hybridized carbons (Fsp3) is 0.0556. The van der Waals surface area contributed by atoms with Crippen molar-refractivity contribution in [2.75, 3.05) is 11.9 Å². The van der Waals surface area contributed by atoms with E-state index in [1.165, 1.54) is 4.90 Å². The molecule has 1 aromatic heterocycles. The summed E-state index contributed by atoms with van der Waals surface area (Å²) in [6.45, 7) is 0. The lowest BCUT2D eigenvalue weighted by Gasteiger charge is -2.13. The van der Waals surface area contributed by atoms with Crippen LogP contribution in [0.15, 0.2) is 59.0 Å². The summed E-state index contributed by atoms with van der Waals surface area (Å²) in [5.41, 5.74) is 1.21. The molecule has 24 heavy (non-hydrogen) atoms. The Kier molecular flexibility index (Phi) is 4.32. The molecule has 1 heterocycles. The molecule has 0 aliphatic carbocycles. The molecule has 0 spiro atoms. The number of anilines is 1. The maximum atomic E-state index is 12.5. The molecule has 2 aromatic carbocycles. The summed E-state index contributed by atoms with van der Waals surface area (Å²) >= 11 is 5.87. The number of hydrogen-bond donors (Lipinski definition) is 0. The third-order valence-corrected chi connectivity index (χ3v) is 3.69. The number of carbonyl (C=O) groups excluding carboxylic acids is 1. The molecule has 0 unspecified atom stereocenters. The fourth-order valence-corrected chi connectivity index (χ4v) is 2.32. The topological polar surface area (TPSA) is 70.1 Å². The third kappa shape index (κ3) is 3.00. The van der Waals surface area contributed by atoms with E-state index < -0.39 is 0 Å². The van der Waals surface area contributed by atoms with Crippen molar-refractivity contribution in [2.24, 2.45) is 0 Å². The standard InChI is InChI=1S/C18H12ClN3O2/c1-22(17(23)13-5-3-2-4-6-13)18-15(11-20)21-16(24-18)12-7-9-14(19)10-8-12/h2-10H,1H3. The third-order valence-electron chi connectivity index (χ3n) is 3.44. The number of carbonyl (C=O) groups is 1. The molecular formula is C18H12ClN3O2. The summed E-state index contributed by atoms with van der Waals surface area (Å²) in [6.07, 6.45) is 0. The smallest absolute Gasteiger partial charge is 0.260 e. The van der Waals surface area contributed by atoms with Crippen LogP contribution in [0.25, 0.3) is 11.5 Å². The van der Waals surface area contributed by atoms with E-state index in [2.05, 4.69) is 4.98 Å². The number of benzene rings is 2. The number of amides is 1. The van der Waals surface area contributed by atoms with Gasteiger partial charge in [-0.05, 0) is 36.4 Å². The van der Waals surface area contributed by atoms with E-state index in [1.807, 2.05) is 12.1 Å². The Labute approximate surface area is 143 Å². The van der Waals surface area contributed by atoms with E-state index in [4.69, 9.17) is 16.0 Å². The Morgan fingerprint density at radius 1 is 1.17 bits per heavy atom. The molecule has 0 aliphatic rings. The van der Waals surface area contributed by atoms with Gasteiger partial charge in [-0.2, -0.15) is 10.2 Å². The van der Waals surface area contributed by atoms with Crippen LogP contribution in [-0.4, -0.2) is 17.9 Å². The SMILES string of the molecule is CN(C(=O)c1ccccc1)c1oc(-c2ccc(Cl)cc2)nc1C#N. The zero-order valence-electron chi connectivity index (χ0n) is 12.7. The van der Waals surface area contributed by atoms with Crippen LogP contribution >= 0.6 is 11.6 Å². The quantitative estimate of drug-likeness (QED) is 0.720. The van der Waals surface area contributed by atoms with Crippen molar-refractivity contribution < 1.29 is 9.21 Å². The predicted octanol–water partition coefficient (Wildman–Crippen LogP) is 4.14. The van der Waals surface area contributed by atoms with Crippen LogP contribution in [0.3, 0.4) is 0 Å². The Morgan fingerprint density at radius 2 is 1.83 bits per heavy atom. The van der Waals surface area contributed by atoms with Gasteiger partial charge < -0.3 is 4.42 Å². The molecule has 118 valence electrons. The zero-order valence-corrected chi connectivity index (χ0v) is 13.5. The van der Waals surface area contributed by atoms with Crippen molar-refractivity contribution in [3.8, 4) is 17.5 Å². The average molecular weight is 338 g/mol. The largest absolute Gasteiger partial charge is 0.419 e. The second-order valence-electron chi connectivity index (χ2n) is 5.02. The normalized spacial score (nSPS) is 10.2. The first-order chi connectivity index (χ1) is 11.6. The molecule has 0 radical (unpaired) electrons. The summed E-state index contributed by atoms with van der Waals surface area (Å²) in [5, 5.41) is 9.88. The Morgan fingerprint density at radius 3 is 2.46 bits per heavy atom. The summed E-state index contributed by atoms with van der Waals surface area (Å²) in [6, 6.07) is 17.6. The van der Waals surface area contributed by atoms with Gasteiger partial charge in [0.2, 0.25) is 17.5 Å². The van der Waals surface area contributed by atoms with Crippen molar-refractivity contribution in [1.82, 2.24) is 4.98 Å². The fourth-order valence-electron chi connectivity index (χ4n) is 2.19. The zero-order chi connectivity index (χ0) is 17.1. The van der Waals surface area contributed by atoms with Gasteiger partial charge in [-0.25, -0.2) is 0 Å². The van der Waals surface area contributed by atoms with Gasteiger partial charge in [0, 0.05) is 23.2 Å². The maximum absolute atomic E-state index is 12.5. The number of nitrogens with zero attached hydrogens (tertiary/aromatic N) is 3. The van der Waals surface area contributed by atoms with E-state index in [0.29, 0.717) is 16.1 Å². The number of rotatable bonds is 3. The molecule has 0 fully saturated rings. The molecule has 0 aliphatic heterocycles. The number of oxazole rings is 1. The van der Waals surface area contributed by atoms with Crippen molar-refractivity contribution >= 4 is 23.4 Å². The molecule has 0 saturated heterocycles. The van der Waals surface area contributed by atoms with E-state index in [0.717, 1.165) is 0 Å². The van der Waals surface area contributed by atoms with Gasteiger partial charge in [0.25, 0.3) is 5.91 Å². The van der Waals surface area contributed by atoms with Crippen molar-refractivity contribution in [1.29, 1.82) is 5.26 Å². The summed E-state index contributed by atoms with van der Waals surface area (Å²) in [5.74, 6) is 0.0770. The molecule has 6 heteroatoms. The van der Waals surface area contributed by atoms with Gasteiger partial charge in [0.1, 0.15) is 6.07 Å². The van der Waals surface area contributed by atoms with Gasteiger partial charge in [-0.1, -0.05) is 29.8 Å². The molecule has 0 atom stereocenters. The first-order valence-corrected chi connectivity index (χ1v) is 7.48. The lowest BCUT2D eigenvalue weighted by molar-refractivity contribution is 0.0989. The van der Waals surface area contributed by atoms with Gasteiger partial charge in [-0.3, -0.25) is 9.69 Å². The maximum Gasteiger partial charge on any atom is 0.260 e. The lowest BCUT2D eigenvalue weighted by Crippen LogP contribution is -2.26. The van der Waals surface area contributed by atoms with Crippen LogP contribution in [0, 0.1) is 11.3 Å². The van der Waals surface area contributed by atoms with Gasteiger partial charge in [0.15, 0.2) is 0 Å². The van der Waals surface area contributed by atoms with Crippen molar-refractivity contribution in [3.05, 3.63) is 70.9 Å².